The van der Waals surface area contributed by atoms with Crippen molar-refractivity contribution in [3.8, 4) is 0 Å². The molecule has 1 aromatic heterocycles. The number of hydrogen-bond donors (Lipinski definition) is 3. The van der Waals surface area contributed by atoms with E-state index in [0.29, 0.717) is 13.0 Å². The van der Waals surface area contributed by atoms with Crippen LogP contribution in [0.4, 0.5) is 0 Å². The normalized spacial score (nSPS) is 27.5. The highest BCUT2D eigenvalue weighted by atomic mass is 16.3. The maximum atomic E-state index is 10.5. The molecule has 5 heteroatoms. The molecule has 3 rings (SSSR count). The van der Waals surface area contributed by atoms with Crippen LogP contribution >= 0.6 is 0 Å². The minimum Gasteiger partial charge on any atom is -0.395 e. The molecule has 0 radical (unpaired) electrons. The highest BCUT2D eigenvalue weighted by molar-refractivity contribution is 5.21. The summed E-state index contributed by atoms with van der Waals surface area (Å²) in [5, 5.41) is 30.6. The van der Waals surface area contributed by atoms with Gasteiger partial charge in [-0.25, -0.2) is 0 Å². The highest BCUT2D eigenvalue weighted by Crippen LogP contribution is 2.29. The number of benzene rings is 1. The first-order chi connectivity index (χ1) is 11.6. The van der Waals surface area contributed by atoms with Crippen molar-refractivity contribution in [2.75, 3.05) is 6.61 Å². The van der Waals surface area contributed by atoms with E-state index in [-0.39, 0.29) is 12.6 Å². The quantitative estimate of drug-likeness (QED) is 0.760. The minimum absolute atomic E-state index is 0.199. The molecule has 0 spiro atoms. The molecule has 1 saturated heterocycles. The van der Waals surface area contributed by atoms with E-state index in [1.165, 1.54) is 0 Å². The van der Waals surface area contributed by atoms with E-state index in [1.54, 1.807) is 6.20 Å². The van der Waals surface area contributed by atoms with E-state index in [2.05, 4.69) is 4.98 Å². The third kappa shape index (κ3) is 3.35. The van der Waals surface area contributed by atoms with Crippen LogP contribution in [0.1, 0.15) is 16.8 Å². The van der Waals surface area contributed by atoms with Crippen molar-refractivity contribution >= 4 is 0 Å². The molecule has 1 aromatic carbocycles. The fourth-order valence-corrected chi connectivity index (χ4v) is 3.49. The number of aliphatic hydroxyl groups is 3. The molecular weight excluding hydrogens is 304 g/mol. The summed E-state index contributed by atoms with van der Waals surface area (Å²) in [6.07, 6.45) is 0.492. The van der Waals surface area contributed by atoms with E-state index in [0.717, 1.165) is 16.8 Å². The van der Waals surface area contributed by atoms with Crippen LogP contribution in [0.5, 0.6) is 0 Å². The average molecular weight is 328 g/mol. The Labute approximate surface area is 142 Å². The van der Waals surface area contributed by atoms with Gasteiger partial charge in [-0.3, -0.25) is 9.88 Å². The molecule has 5 nitrogen and oxygen atoms in total. The summed E-state index contributed by atoms with van der Waals surface area (Å²) >= 11 is 0. The third-order valence-corrected chi connectivity index (χ3v) is 4.92. The van der Waals surface area contributed by atoms with Gasteiger partial charge >= 0.3 is 0 Å². The van der Waals surface area contributed by atoms with Gasteiger partial charge < -0.3 is 15.3 Å². The molecule has 1 aliphatic heterocycles. The molecule has 24 heavy (non-hydrogen) atoms. The maximum Gasteiger partial charge on any atom is 0.0991 e. The van der Waals surface area contributed by atoms with Crippen LogP contribution in [0.15, 0.2) is 48.7 Å². The molecule has 0 saturated carbocycles. The van der Waals surface area contributed by atoms with Crippen LogP contribution in [0.3, 0.4) is 0 Å². The van der Waals surface area contributed by atoms with Crippen molar-refractivity contribution in [3.05, 3.63) is 65.5 Å². The predicted octanol–water partition coefficient (Wildman–Crippen LogP) is 0.900. The molecule has 0 bridgehead atoms. The Bertz CT molecular complexity index is 665. The number of aryl methyl sites for hydroxylation is 1. The number of aromatic nitrogens is 1. The fourth-order valence-electron chi connectivity index (χ4n) is 3.49. The lowest BCUT2D eigenvalue weighted by Gasteiger charge is -2.29. The van der Waals surface area contributed by atoms with E-state index in [4.69, 9.17) is 0 Å². The first-order valence-electron chi connectivity index (χ1n) is 8.29. The molecule has 1 fully saturated rings. The van der Waals surface area contributed by atoms with E-state index in [1.807, 2.05) is 54.3 Å². The van der Waals surface area contributed by atoms with Gasteiger partial charge in [-0.2, -0.15) is 0 Å². The van der Waals surface area contributed by atoms with Crippen molar-refractivity contribution in [3.63, 3.8) is 0 Å². The highest BCUT2D eigenvalue weighted by Gasteiger charge is 2.47. The molecule has 2 aromatic rings. The van der Waals surface area contributed by atoms with E-state index < -0.39 is 18.2 Å². The number of hydrogen-bond acceptors (Lipinski definition) is 5. The summed E-state index contributed by atoms with van der Waals surface area (Å²) in [5.41, 5.74) is 3.05. The van der Waals surface area contributed by atoms with Crippen LogP contribution in [-0.2, 0) is 13.0 Å². The molecule has 0 unspecified atom stereocenters. The van der Waals surface area contributed by atoms with E-state index in [9.17, 15) is 15.3 Å². The summed E-state index contributed by atoms with van der Waals surface area (Å²) in [4.78, 5) is 6.40. The Morgan fingerprint density at radius 3 is 2.38 bits per heavy atom. The first kappa shape index (κ1) is 17.0. The summed E-state index contributed by atoms with van der Waals surface area (Å²) in [6, 6.07) is 13.0. The molecule has 3 N–H and O–H groups in total. The van der Waals surface area contributed by atoms with Gasteiger partial charge in [-0.05, 0) is 30.5 Å². The van der Waals surface area contributed by atoms with Crippen molar-refractivity contribution in [2.45, 2.75) is 44.2 Å². The zero-order valence-electron chi connectivity index (χ0n) is 13.8. The topological polar surface area (TPSA) is 76.8 Å². The predicted molar refractivity (Wildman–Crippen MR) is 91.3 cm³/mol. The lowest BCUT2D eigenvalue weighted by molar-refractivity contribution is 0.0177. The number of nitrogens with zero attached hydrogens (tertiary/aromatic N) is 2. The van der Waals surface area contributed by atoms with Crippen LogP contribution in [0, 0.1) is 6.92 Å². The zero-order valence-corrected chi connectivity index (χ0v) is 13.8. The average Bonchev–Trinajstić information content (AvgIpc) is 2.82. The van der Waals surface area contributed by atoms with Crippen LogP contribution < -0.4 is 0 Å². The molecule has 1 aliphatic rings. The summed E-state index contributed by atoms with van der Waals surface area (Å²) in [7, 11) is 0. The first-order valence-corrected chi connectivity index (χ1v) is 8.29. The summed E-state index contributed by atoms with van der Waals surface area (Å²) in [5.74, 6) is 0. The van der Waals surface area contributed by atoms with Gasteiger partial charge in [0.2, 0.25) is 0 Å². The molecule has 2 heterocycles. The van der Waals surface area contributed by atoms with Gasteiger partial charge in [0.25, 0.3) is 0 Å². The number of aliphatic hydroxyl groups excluding tert-OH is 3. The number of pyridine rings is 1. The van der Waals surface area contributed by atoms with Gasteiger partial charge in [-0.1, -0.05) is 36.4 Å². The Morgan fingerprint density at radius 2 is 1.71 bits per heavy atom. The smallest absolute Gasteiger partial charge is 0.0991 e. The van der Waals surface area contributed by atoms with Gasteiger partial charge in [-0.15, -0.1) is 0 Å². The fraction of sp³-hybridized carbons (Fsp3) is 0.421. The van der Waals surface area contributed by atoms with Crippen molar-refractivity contribution in [1.29, 1.82) is 0 Å². The van der Waals surface area contributed by atoms with Crippen LogP contribution in [0.25, 0.3) is 0 Å². The standard InChI is InChI=1S/C19H24N2O3/c1-13-6-5-9-20-15(13)11-21-16(10-14-7-3-2-4-8-14)18(23)19(24)17(21)12-22/h2-9,16-19,22-24H,10-12H2,1H3/t16-,17+,18-,19+/m0/s1. The van der Waals surface area contributed by atoms with Crippen LogP contribution in [0.2, 0.25) is 0 Å². The third-order valence-electron chi connectivity index (χ3n) is 4.92. The van der Waals surface area contributed by atoms with Gasteiger partial charge in [0.05, 0.1) is 30.6 Å². The van der Waals surface area contributed by atoms with Crippen molar-refractivity contribution in [2.24, 2.45) is 0 Å². The lowest BCUT2D eigenvalue weighted by atomic mass is 10.0. The SMILES string of the molecule is Cc1cccnc1CN1[C@H](CO)[C@@H](O)[C@@H](O)[C@@H]1Cc1ccccc1. The monoisotopic (exact) mass is 328 g/mol. The zero-order chi connectivity index (χ0) is 17.1. The second-order valence-electron chi connectivity index (χ2n) is 6.43. The molecular formula is C19H24N2O3. The summed E-state index contributed by atoms with van der Waals surface area (Å²) < 4.78 is 0. The van der Waals surface area contributed by atoms with Crippen molar-refractivity contribution < 1.29 is 15.3 Å². The Hall–Kier alpha value is -1.79. The van der Waals surface area contributed by atoms with Crippen molar-refractivity contribution in [1.82, 2.24) is 9.88 Å². The molecule has 4 atom stereocenters. The van der Waals surface area contributed by atoms with Crippen LogP contribution in [-0.4, -0.2) is 56.1 Å². The Morgan fingerprint density at radius 1 is 1.00 bits per heavy atom. The largest absolute Gasteiger partial charge is 0.395 e. The number of rotatable bonds is 5. The molecule has 128 valence electrons. The second kappa shape index (κ2) is 7.40. The van der Waals surface area contributed by atoms with Gasteiger partial charge in [0, 0.05) is 18.8 Å². The maximum absolute atomic E-state index is 10.5. The van der Waals surface area contributed by atoms with E-state index >= 15 is 0 Å². The second-order valence-corrected chi connectivity index (χ2v) is 6.43. The molecule has 0 aliphatic carbocycles. The molecule has 0 amide bonds. The minimum atomic E-state index is -0.965. The van der Waals surface area contributed by atoms with Gasteiger partial charge in [0.1, 0.15) is 0 Å². The van der Waals surface area contributed by atoms with Gasteiger partial charge in [0.15, 0.2) is 0 Å². The Balaban J connectivity index is 1.87. The summed E-state index contributed by atoms with van der Waals surface area (Å²) in [6.45, 7) is 2.28. The lowest BCUT2D eigenvalue weighted by Crippen LogP contribution is -2.42. The number of likely N-dealkylation sites (tertiary alicyclic amines) is 1. The Kier molecular flexibility index (Phi) is 5.26.